The van der Waals surface area contributed by atoms with E-state index >= 15 is 0 Å². The summed E-state index contributed by atoms with van der Waals surface area (Å²) in [5, 5.41) is 0. The molecule has 0 spiro atoms. The highest BCUT2D eigenvalue weighted by atomic mass is 79.9. The first kappa shape index (κ1) is 13.5. The minimum atomic E-state index is -0.125. The van der Waals surface area contributed by atoms with Crippen LogP contribution >= 0.6 is 15.9 Å². The van der Waals surface area contributed by atoms with Gasteiger partial charge in [-0.15, -0.1) is 0 Å². The number of aromatic nitrogens is 1. The van der Waals surface area contributed by atoms with Gasteiger partial charge < -0.3 is 10.6 Å². The maximum Gasteiger partial charge on any atom is 0.259 e. The molecule has 4 nitrogen and oxygen atoms in total. The summed E-state index contributed by atoms with van der Waals surface area (Å²) >= 11 is 3.35. The van der Waals surface area contributed by atoms with E-state index in [1.54, 1.807) is 31.4 Å². The Morgan fingerprint density at radius 3 is 2.74 bits per heavy atom. The van der Waals surface area contributed by atoms with E-state index in [2.05, 4.69) is 20.9 Å². The molecular weight excluding hydrogens is 306 g/mol. The molecule has 0 atom stereocenters. The van der Waals surface area contributed by atoms with Crippen molar-refractivity contribution in [2.24, 2.45) is 0 Å². The molecule has 2 aromatic rings. The van der Waals surface area contributed by atoms with Crippen molar-refractivity contribution in [3.63, 3.8) is 0 Å². The molecule has 2 rings (SSSR count). The summed E-state index contributed by atoms with van der Waals surface area (Å²) in [6, 6.07) is 8.94. The van der Waals surface area contributed by atoms with Gasteiger partial charge in [0, 0.05) is 23.4 Å². The minimum Gasteiger partial charge on any atom is -0.397 e. The lowest BCUT2D eigenvalue weighted by molar-refractivity contribution is 0.0992. The zero-order valence-electron chi connectivity index (χ0n) is 10.7. The fourth-order valence-electron chi connectivity index (χ4n) is 1.83. The second-order valence-electron chi connectivity index (χ2n) is 4.20. The number of amides is 1. The van der Waals surface area contributed by atoms with Crippen LogP contribution in [0.3, 0.4) is 0 Å². The van der Waals surface area contributed by atoms with Crippen molar-refractivity contribution >= 4 is 33.2 Å². The summed E-state index contributed by atoms with van der Waals surface area (Å²) < 4.78 is 0.882. The predicted octanol–water partition coefficient (Wildman–Crippen LogP) is 3.01. The average molecular weight is 320 g/mol. The summed E-state index contributed by atoms with van der Waals surface area (Å²) in [7, 11) is 1.70. The first-order valence-corrected chi connectivity index (χ1v) is 6.54. The van der Waals surface area contributed by atoms with E-state index in [4.69, 9.17) is 5.73 Å². The van der Waals surface area contributed by atoms with Crippen LogP contribution < -0.4 is 10.6 Å². The Balaban J connectivity index is 2.37. The summed E-state index contributed by atoms with van der Waals surface area (Å²) in [6.07, 6.45) is 1.67. The molecule has 0 bridgehead atoms. The molecule has 1 amide bonds. The van der Waals surface area contributed by atoms with Gasteiger partial charge in [0.1, 0.15) is 0 Å². The number of nitrogens with two attached hydrogens (primary N) is 1. The van der Waals surface area contributed by atoms with Gasteiger partial charge in [-0.2, -0.15) is 0 Å². The standard InChI is InChI=1S/C14H14BrN3O/c1-9-11(4-3-7-17-9)14(19)18(2)13-6-5-10(15)8-12(13)16/h3-8H,16H2,1-2H3. The van der Waals surface area contributed by atoms with Crippen LogP contribution in [0.25, 0.3) is 0 Å². The summed E-state index contributed by atoms with van der Waals surface area (Å²) in [6.45, 7) is 1.81. The Kier molecular flexibility index (Phi) is 3.85. The smallest absolute Gasteiger partial charge is 0.259 e. The lowest BCUT2D eigenvalue weighted by Gasteiger charge is -2.20. The van der Waals surface area contributed by atoms with Crippen molar-refractivity contribution in [1.29, 1.82) is 0 Å². The number of benzene rings is 1. The molecule has 1 aromatic carbocycles. The lowest BCUT2D eigenvalue weighted by atomic mass is 10.1. The maximum atomic E-state index is 12.4. The molecule has 5 heteroatoms. The van der Waals surface area contributed by atoms with E-state index in [9.17, 15) is 4.79 Å². The monoisotopic (exact) mass is 319 g/mol. The second kappa shape index (κ2) is 5.40. The third-order valence-corrected chi connectivity index (χ3v) is 3.39. The Morgan fingerprint density at radius 2 is 2.11 bits per heavy atom. The zero-order chi connectivity index (χ0) is 14.0. The molecular formula is C14H14BrN3O. The third-order valence-electron chi connectivity index (χ3n) is 2.89. The zero-order valence-corrected chi connectivity index (χ0v) is 12.3. The van der Waals surface area contributed by atoms with E-state index in [-0.39, 0.29) is 5.91 Å². The molecule has 19 heavy (non-hydrogen) atoms. The molecule has 1 aromatic heterocycles. The lowest BCUT2D eigenvalue weighted by Crippen LogP contribution is -2.27. The van der Waals surface area contributed by atoms with E-state index in [0.29, 0.717) is 22.6 Å². The normalized spacial score (nSPS) is 10.3. The maximum absolute atomic E-state index is 12.4. The Bertz CT molecular complexity index is 628. The van der Waals surface area contributed by atoms with Crippen molar-refractivity contribution in [3.05, 3.63) is 52.3 Å². The average Bonchev–Trinajstić information content (AvgIpc) is 2.38. The van der Waals surface area contributed by atoms with Crippen LogP contribution in [0.4, 0.5) is 11.4 Å². The first-order chi connectivity index (χ1) is 9.00. The Morgan fingerprint density at radius 1 is 1.37 bits per heavy atom. The SMILES string of the molecule is Cc1ncccc1C(=O)N(C)c1ccc(Br)cc1N. The number of nitrogens with zero attached hydrogens (tertiary/aromatic N) is 2. The molecule has 2 N–H and O–H groups in total. The topological polar surface area (TPSA) is 59.2 Å². The second-order valence-corrected chi connectivity index (χ2v) is 5.12. The molecule has 0 unspecified atom stereocenters. The summed E-state index contributed by atoms with van der Waals surface area (Å²) in [5.41, 5.74) is 8.44. The van der Waals surface area contributed by atoms with Gasteiger partial charge in [0.05, 0.1) is 16.9 Å². The van der Waals surface area contributed by atoms with Gasteiger partial charge in [-0.05, 0) is 37.3 Å². The van der Waals surface area contributed by atoms with Gasteiger partial charge in [0.15, 0.2) is 0 Å². The van der Waals surface area contributed by atoms with Crippen molar-refractivity contribution in [3.8, 4) is 0 Å². The van der Waals surface area contributed by atoms with Gasteiger partial charge in [0.25, 0.3) is 5.91 Å². The van der Waals surface area contributed by atoms with Crippen molar-refractivity contribution in [2.75, 3.05) is 17.7 Å². The van der Waals surface area contributed by atoms with Crippen LogP contribution in [0.2, 0.25) is 0 Å². The van der Waals surface area contributed by atoms with Crippen LogP contribution in [0.1, 0.15) is 16.1 Å². The number of halogens is 1. The van der Waals surface area contributed by atoms with Crippen molar-refractivity contribution < 1.29 is 4.79 Å². The Labute approximate surface area is 120 Å². The summed E-state index contributed by atoms with van der Waals surface area (Å²) in [5.74, 6) is -0.125. The number of carbonyl (C=O) groups excluding carboxylic acids is 1. The number of nitrogen functional groups attached to an aromatic ring is 1. The number of anilines is 2. The number of hydrogen-bond acceptors (Lipinski definition) is 3. The Hall–Kier alpha value is -1.88. The highest BCUT2D eigenvalue weighted by molar-refractivity contribution is 9.10. The first-order valence-electron chi connectivity index (χ1n) is 5.75. The van der Waals surface area contributed by atoms with Gasteiger partial charge in [-0.25, -0.2) is 0 Å². The number of hydrogen-bond donors (Lipinski definition) is 1. The number of pyridine rings is 1. The van der Waals surface area contributed by atoms with E-state index in [1.807, 2.05) is 19.1 Å². The number of carbonyl (C=O) groups is 1. The molecule has 0 aliphatic heterocycles. The molecule has 0 aliphatic rings. The predicted molar refractivity (Wildman–Crippen MR) is 80.3 cm³/mol. The third kappa shape index (κ3) is 2.76. The van der Waals surface area contributed by atoms with Crippen LogP contribution in [0.5, 0.6) is 0 Å². The molecule has 0 aliphatic carbocycles. The van der Waals surface area contributed by atoms with Gasteiger partial charge >= 0.3 is 0 Å². The molecule has 0 radical (unpaired) electrons. The van der Waals surface area contributed by atoms with Gasteiger partial charge in [-0.1, -0.05) is 15.9 Å². The van der Waals surface area contributed by atoms with Crippen molar-refractivity contribution in [2.45, 2.75) is 6.92 Å². The quantitative estimate of drug-likeness (QED) is 0.865. The molecule has 0 fully saturated rings. The van der Waals surface area contributed by atoms with Crippen LogP contribution in [0.15, 0.2) is 41.0 Å². The molecule has 1 heterocycles. The summed E-state index contributed by atoms with van der Waals surface area (Å²) in [4.78, 5) is 18.1. The van der Waals surface area contributed by atoms with Crippen LogP contribution in [0, 0.1) is 6.92 Å². The van der Waals surface area contributed by atoms with E-state index in [1.165, 1.54) is 4.90 Å². The highest BCUT2D eigenvalue weighted by Gasteiger charge is 2.17. The molecule has 0 saturated heterocycles. The number of aryl methyl sites for hydroxylation is 1. The van der Waals surface area contributed by atoms with Gasteiger partial charge in [0.2, 0.25) is 0 Å². The minimum absolute atomic E-state index is 0.125. The highest BCUT2D eigenvalue weighted by Crippen LogP contribution is 2.27. The van der Waals surface area contributed by atoms with Crippen LogP contribution in [-0.4, -0.2) is 17.9 Å². The van der Waals surface area contributed by atoms with E-state index < -0.39 is 0 Å². The van der Waals surface area contributed by atoms with E-state index in [0.717, 1.165) is 4.47 Å². The largest absolute Gasteiger partial charge is 0.397 e. The number of rotatable bonds is 2. The van der Waals surface area contributed by atoms with Crippen molar-refractivity contribution in [1.82, 2.24) is 4.98 Å². The fraction of sp³-hybridized carbons (Fsp3) is 0.143. The molecule has 98 valence electrons. The molecule has 0 saturated carbocycles. The fourth-order valence-corrected chi connectivity index (χ4v) is 2.21. The van der Waals surface area contributed by atoms with Gasteiger partial charge in [-0.3, -0.25) is 9.78 Å². The van der Waals surface area contributed by atoms with Crippen LogP contribution in [-0.2, 0) is 0 Å².